The van der Waals surface area contributed by atoms with Crippen LogP contribution in [0, 0.1) is 0 Å². The molecule has 0 saturated heterocycles. The van der Waals surface area contributed by atoms with Crippen LogP contribution in [-0.2, 0) is 0 Å². The van der Waals surface area contributed by atoms with Gasteiger partial charge in [-0.1, -0.05) is 30.3 Å². The summed E-state index contributed by atoms with van der Waals surface area (Å²) in [6.07, 6.45) is 5.53. The predicted octanol–water partition coefficient (Wildman–Crippen LogP) is 3.00. The Morgan fingerprint density at radius 3 is 2.62 bits per heavy atom. The molecule has 0 saturated carbocycles. The Kier molecular flexibility index (Phi) is 2.27. The summed E-state index contributed by atoms with van der Waals surface area (Å²) in [4.78, 5) is 8.66. The summed E-state index contributed by atoms with van der Waals surface area (Å²) < 4.78 is 2.00. The first-order valence-corrected chi connectivity index (χ1v) is 5.82. The molecule has 0 aliphatic carbocycles. The molecule has 16 heavy (non-hydrogen) atoms. The monoisotopic (exact) mass is 227 g/mol. The summed E-state index contributed by atoms with van der Waals surface area (Å²) in [5.74, 6) is 0.926. The summed E-state index contributed by atoms with van der Waals surface area (Å²) in [6, 6.07) is 10.1. The van der Waals surface area contributed by atoms with Crippen LogP contribution in [-0.4, -0.2) is 14.5 Å². The van der Waals surface area contributed by atoms with Crippen molar-refractivity contribution < 1.29 is 0 Å². The van der Waals surface area contributed by atoms with Crippen LogP contribution in [0.15, 0.2) is 54.3 Å². The van der Waals surface area contributed by atoms with Crippen LogP contribution in [0.4, 0.5) is 0 Å². The zero-order valence-corrected chi connectivity index (χ0v) is 9.26. The molecule has 0 fully saturated rings. The van der Waals surface area contributed by atoms with E-state index in [2.05, 4.69) is 9.97 Å². The van der Waals surface area contributed by atoms with E-state index in [1.54, 1.807) is 23.7 Å². The minimum Gasteiger partial charge on any atom is -0.275 e. The van der Waals surface area contributed by atoms with Crippen molar-refractivity contribution in [2.75, 3.05) is 0 Å². The summed E-state index contributed by atoms with van der Waals surface area (Å²) >= 11 is 1.60. The highest BCUT2D eigenvalue weighted by molar-refractivity contribution is 7.12. The van der Waals surface area contributed by atoms with Crippen molar-refractivity contribution in [2.45, 2.75) is 0 Å². The van der Waals surface area contributed by atoms with Crippen molar-refractivity contribution in [3.8, 4) is 16.5 Å². The van der Waals surface area contributed by atoms with Crippen molar-refractivity contribution >= 4 is 11.3 Å². The van der Waals surface area contributed by atoms with Gasteiger partial charge < -0.3 is 0 Å². The van der Waals surface area contributed by atoms with Gasteiger partial charge in [-0.3, -0.25) is 4.57 Å². The molecule has 0 bridgehead atoms. The van der Waals surface area contributed by atoms with Gasteiger partial charge in [-0.2, -0.15) is 0 Å². The number of imidazole rings is 1. The molecule has 0 aliphatic heterocycles. The van der Waals surface area contributed by atoms with E-state index in [4.69, 9.17) is 0 Å². The fourth-order valence-corrected chi connectivity index (χ4v) is 2.22. The third-order valence-electron chi connectivity index (χ3n) is 2.30. The second-order valence-electron chi connectivity index (χ2n) is 3.30. The lowest BCUT2D eigenvalue weighted by molar-refractivity contribution is 1.04. The number of benzene rings is 1. The third kappa shape index (κ3) is 1.53. The van der Waals surface area contributed by atoms with Crippen molar-refractivity contribution in [3.05, 3.63) is 54.3 Å². The molecular weight excluding hydrogens is 218 g/mol. The van der Waals surface area contributed by atoms with E-state index in [1.807, 2.05) is 46.5 Å². The minimum atomic E-state index is 0.926. The maximum absolute atomic E-state index is 4.37. The number of hydrogen-bond acceptors (Lipinski definition) is 3. The van der Waals surface area contributed by atoms with Gasteiger partial charge in [0, 0.05) is 29.5 Å². The fourth-order valence-electron chi connectivity index (χ4n) is 1.59. The Morgan fingerprint density at radius 1 is 1.00 bits per heavy atom. The molecule has 78 valence electrons. The molecule has 2 heterocycles. The lowest BCUT2D eigenvalue weighted by atomic mass is 10.2. The summed E-state index contributed by atoms with van der Waals surface area (Å²) in [6.45, 7) is 0. The van der Waals surface area contributed by atoms with E-state index in [1.165, 1.54) is 0 Å². The number of hydrogen-bond donors (Lipinski definition) is 0. The molecule has 3 nitrogen and oxygen atoms in total. The van der Waals surface area contributed by atoms with Crippen LogP contribution < -0.4 is 0 Å². The largest absolute Gasteiger partial charge is 0.275 e. The molecule has 3 rings (SSSR count). The number of rotatable bonds is 2. The van der Waals surface area contributed by atoms with Crippen molar-refractivity contribution in [1.29, 1.82) is 0 Å². The first-order valence-electron chi connectivity index (χ1n) is 4.94. The van der Waals surface area contributed by atoms with Gasteiger partial charge in [-0.05, 0) is 0 Å². The Labute approximate surface area is 97.0 Å². The standard InChI is InChI=1S/C12H9N3S/c1-2-4-10(5-3-1)11-13-6-8-15(11)12-14-7-9-16-12/h1-9H. The molecule has 0 radical (unpaired) electrons. The van der Waals surface area contributed by atoms with E-state index in [0.717, 1.165) is 16.5 Å². The zero-order chi connectivity index (χ0) is 10.8. The Morgan fingerprint density at radius 2 is 1.88 bits per heavy atom. The summed E-state index contributed by atoms with van der Waals surface area (Å²) in [7, 11) is 0. The molecule has 3 aromatic rings. The molecule has 1 aromatic carbocycles. The van der Waals surface area contributed by atoms with Crippen LogP contribution in [0.3, 0.4) is 0 Å². The van der Waals surface area contributed by atoms with Crippen LogP contribution in [0.25, 0.3) is 16.5 Å². The minimum absolute atomic E-state index is 0.926. The van der Waals surface area contributed by atoms with Gasteiger partial charge >= 0.3 is 0 Å². The molecule has 0 spiro atoms. The van der Waals surface area contributed by atoms with Gasteiger partial charge in [0.15, 0.2) is 5.13 Å². The normalized spacial score (nSPS) is 10.5. The molecule has 0 N–H and O–H groups in total. The third-order valence-corrected chi connectivity index (χ3v) is 3.07. The SMILES string of the molecule is c1ccc(-c2nccn2-c2nccs2)cc1. The molecule has 2 aromatic heterocycles. The van der Waals surface area contributed by atoms with Gasteiger partial charge in [0.25, 0.3) is 0 Å². The van der Waals surface area contributed by atoms with Gasteiger partial charge in [-0.15, -0.1) is 11.3 Å². The highest BCUT2D eigenvalue weighted by atomic mass is 32.1. The van der Waals surface area contributed by atoms with Crippen LogP contribution in [0.2, 0.25) is 0 Å². The second kappa shape index (κ2) is 3.90. The molecule has 0 atom stereocenters. The summed E-state index contributed by atoms with van der Waals surface area (Å²) in [5, 5.41) is 2.90. The number of aromatic nitrogens is 3. The van der Waals surface area contributed by atoms with Crippen LogP contribution >= 0.6 is 11.3 Å². The zero-order valence-electron chi connectivity index (χ0n) is 8.45. The van der Waals surface area contributed by atoms with Crippen molar-refractivity contribution in [3.63, 3.8) is 0 Å². The summed E-state index contributed by atoms with van der Waals surface area (Å²) in [5.41, 5.74) is 1.10. The maximum Gasteiger partial charge on any atom is 0.195 e. The predicted molar refractivity (Wildman–Crippen MR) is 64.7 cm³/mol. The Hall–Kier alpha value is -1.94. The average molecular weight is 227 g/mol. The van der Waals surface area contributed by atoms with Gasteiger partial charge in [-0.25, -0.2) is 9.97 Å². The average Bonchev–Trinajstić information content (AvgIpc) is 3.01. The van der Waals surface area contributed by atoms with E-state index in [-0.39, 0.29) is 0 Å². The Bertz CT molecular complexity index is 569. The lowest BCUT2D eigenvalue weighted by Crippen LogP contribution is -1.94. The first-order chi connectivity index (χ1) is 7.95. The highest BCUT2D eigenvalue weighted by Crippen LogP contribution is 2.21. The smallest absolute Gasteiger partial charge is 0.195 e. The van der Waals surface area contributed by atoms with Crippen molar-refractivity contribution in [1.82, 2.24) is 14.5 Å². The van der Waals surface area contributed by atoms with E-state index < -0.39 is 0 Å². The van der Waals surface area contributed by atoms with Crippen LogP contribution in [0.1, 0.15) is 0 Å². The van der Waals surface area contributed by atoms with Gasteiger partial charge in [0.1, 0.15) is 5.82 Å². The van der Waals surface area contributed by atoms with Gasteiger partial charge in [0.05, 0.1) is 0 Å². The van der Waals surface area contributed by atoms with E-state index >= 15 is 0 Å². The molecule has 0 amide bonds. The molecule has 0 unspecified atom stereocenters. The quantitative estimate of drug-likeness (QED) is 0.673. The first kappa shape index (κ1) is 9.30. The molecule has 0 aliphatic rings. The van der Waals surface area contributed by atoms with Gasteiger partial charge in [0.2, 0.25) is 0 Å². The maximum atomic E-state index is 4.37. The van der Waals surface area contributed by atoms with Crippen molar-refractivity contribution in [2.24, 2.45) is 0 Å². The number of thiazole rings is 1. The lowest BCUT2D eigenvalue weighted by Gasteiger charge is -2.03. The van der Waals surface area contributed by atoms with E-state index in [9.17, 15) is 0 Å². The molecule has 4 heteroatoms. The number of nitrogens with zero attached hydrogens (tertiary/aromatic N) is 3. The molecular formula is C12H9N3S. The second-order valence-corrected chi connectivity index (χ2v) is 4.17. The topological polar surface area (TPSA) is 30.7 Å². The van der Waals surface area contributed by atoms with E-state index in [0.29, 0.717) is 0 Å². The van der Waals surface area contributed by atoms with Crippen LogP contribution in [0.5, 0.6) is 0 Å². The fraction of sp³-hybridized carbons (Fsp3) is 0. The Balaban J connectivity index is 2.14. The highest BCUT2D eigenvalue weighted by Gasteiger charge is 2.08.